The van der Waals surface area contributed by atoms with Gasteiger partial charge in [-0.1, -0.05) is 15.9 Å². The molecule has 1 heterocycles. The lowest BCUT2D eigenvalue weighted by Gasteiger charge is -2.07. The SMILES string of the molecule is Cc1ncc(CNS(=O)(=O)c2ccc(Br)c(C)c2)s1. The zero-order chi connectivity index (χ0) is 14.0. The molecule has 1 aromatic carbocycles. The van der Waals surface area contributed by atoms with Crippen molar-refractivity contribution >= 4 is 37.3 Å². The van der Waals surface area contributed by atoms with Crippen LogP contribution in [0.15, 0.2) is 33.8 Å². The molecular weight excluding hydrogens is 348 g/mol. The van der Waals surface area contributed by atoms with Gasteiger partial charge < -0.3 is 0 Å². The Morgan fingerprint density at radius 2 is 2.11 bits per heavy atom. The van der Waals surface area contributed by atoms with E-state index in [4.69, 9.17) is 0 Å². The van der Waals surface area contributed by atoms with Gasteiger partial charge in [0.1, 0.15) is 0 Å². The van der Waals surface area contributed by atoms with Gasteiger partial charge in [0.2, 0.25) is 10.0 Å². The molecule has 19 heavy (non-hydrogen) atoms. The summed E-state index contributed by atoms with van der Waals surface area (Å²) in [6, 6.07) is 4.96. The first-order valence-electron chi connectivity index (χ1n) is 5.55. The average molecular weight is 361 g/mol. The van der Waals surface area contributed by atoms with E-state index in [1.165, 1.54) is 11.3 Å². The highest BCUT2D eigenvalue weighted by atomic mass is 79.9. The number of nitrogens with zero attached hydrogens (tertiary/aromatic N) is 1. The summed E-state index contributed by atoms with van der Waals surface area (Å²) in [6.07, 6.45) is 1.69. The highest BCUT2D eigenvalue weighted by Gasteiger charge is 2.15. The molecule has 1 aromatic heterocycles. The van der Waals surface area contributed by atoms with Crippen LogP contribution in [0.5, 0.6) is 0 Å². The number of benzene rings is 1. The van der Waals surface area contributed by atoms with Crippen LogP contribution in [-0.2, 0) is 16.6 Å². The molecule has 0 bridgehead atoms. The molecule has 0 aliphatic carbocycles. The first kappa shape index (κ1) is 14.6. The molecule has 0 aliphatic rings. The summed E-state index contributed by atoms with van der Waals surface area (Å²) in [7, 11) is -3.48. The van der Waals surface area contributed by atoms with Crippen molar-refractivity contribution in [3.63, 3.8) is 0 Å². The Morgan fingerprint density at radius 1 is 1.37 bits per heavy atom. The molecule has 0 spiro atoms. The molecule has 0 saturated carbocycles. The van der Waals surface area contributed by atoms with Crippen molar-refractivity contribution in [2.45, 2.75) is 25.3 Å². The third-order valence-electron chi connectivity index (χ3n) is 2.55. The number of thiazole rings is 1. The maximum atomic E-state index is 12.1. The Hall–Kier alpha value is -0.760. The summed E-state index contributed by atoms with van der Waals surface area (Å²) in [5.41, 5.74) is 0.886. The molecule has 7 heteroatoms. The predicted octanol–water partition coefficient (Wildman–Crippen LogP) is 3.00. The molecule has 0 aliphatic heterocycles. The second kappa shape index (κ2) is 5.70. The van der Waals surface area contributed by atoms with Gasteiger partial charge in [-0.25, -0.2) is 18.1 Å². The van der Waals surface area contributed by atoms with Gasteiger partial charge in [0.25, 0.3) is 0 Å². The van der Waals surface area contributed by atoms with Crippen LogP contribution in [-0.4, -0.2) is 13.4 Å². The zero-order valence-electron chi connectivity index (χ0n) is 10.5. The molecule has 0 atom stereocenters. The molecule has 0 saturated heterocycles. The topological polar surface area (TPSA) is 59.1 Å². The van der Waals surface area contributed by atoms with Gasteiger partial charge in [-0.3, -0.25) is 0 Å². The monoisotopic (exact) mass is 360 g/mol. The van der Waals surface area contributed by atoms with Crippen molar-refractivity contribution in [3.05, 3.63) is 44.3 Å². The highest BCUT2D eigenvalue weighted by Crippen LogP contribution is 2.20. The summed E-state index contributed by atoms with van der Waals surface area (Å²) >= 11 is 4.84. The minimum absolute atomic E-state index is 0.267. The van der Waals surface area contributed by atoms with Crippen LogP contribution in [0, 0.1) is 13.8 Å². The van der Waals surface area contributed by atoms with E-state index in [9.17, 15) is 8.42 Å². The third-order valence-corrected chi connectivity index (χ3v) is 5.75. The smallest absolute Gasteiger partial charge is 0.240 e. The quantitative estimate of drug-likeness (QED) is 0.911. The number of aryl methyl sites for hydroxylation is 2. The van der Waals surface area contributed by atoms with Gasteiger partial charge in [-0.05, 0) is 37.6 Å². The van der Waals surface area contributed by atoms with Crippen LogP contribution >= 0.6 is 27.3 Å². The van der Waals surface area contributed by atoms with E-state index in [0.717, 1.165) is 19.9 Å². The third kappa shape index (κ3) is 3.62. The van der Waals surface area contributed by atoms with Crippen molar-refractivity contribution in [3.8, 4) is 0 Å². The van der Waals surface area contributed by atoms with Gasteiger partial charge in [0.15, 0.2) is 0 Å². The lowest BCUT2D eigenvalue weighted by molar-refractivity contribution is 0.581. The normalized spacial score (nSPS) is 11.7. The maximum absolute atomic E-state index is 12.1. The molecule has 2 rings (SSSR count). The minimum Gasteiger partial charge on any atom is -0.250 e. The predicted molar refractivity (Wildman–Crippen MR) is 79.8 cm³/mol. The van der Waals surface area contributed by atoms with E-state index < -0.39 is 10.0 Å². The first-order chi connectivity index (χ1) is 8.88. The summed E-state index contributed by atoms with van der Waals surface area (Å²) in [5, 5.41) is 0.925. The van der Waals surface area contributed by atoms with Crippen molar-refractivity contribution in [2.24, 2.45) is 0 Å². The highest BCUT2D eigenvalue weighted by molar-refractivity contribution is 9.10. The van der Waals surface area contributed by atoms with Crippen LogP contribution in [0.25, 0.3) is 0 Å². The van der Waals surface area contributed by atoms with Crippen molar-refractivity contribution in [2.75, 3.05) is 0 Å². The Balaban J connectivity index is 2.16. The number of sulfonamides is 1. The van der Waals surface area contributed by atoms with Gasteiger partial charge in [-0.2, -0.15) is 0 Å². The molecule has 102 valence electrons. The van der Waals surface area contributed by atoms with Crippen LogP contribution in [0.4, 0.5) is 0 Å². The van der Waals surface area contributed by atoms with Crippen LogP contribution < -0.4 is 4.72 Å². The summed E-state index contributed by atoms with van der Waals surface area (Å²) in [4.78, 5) is 5.26. The van der Waals surface area contributed by atoms with Gasteiger partial charge in [0, 0.05) is 22.1 Å². The molecule has 1 N–H and O–H groups in total. The second-order valence-electron chi connectivity index (χ2n) is 4.08. The fraction of sp³-hybridized carbons (Fsp3) is 0.250. The number of nitrogens with one attached hydrogen (secondary N) is 1. The van der Waals surface area contributed by atoms with Crippen LogP contribution in [0.2, 0.25) is 0 Å². The molecule has 2 aromatic rings. The van der Waals surface area contributed by atoms with Gasteiger partial charge in [-0.15, -0.1) is 11.3 Å². The van der Waals surface area contributed by atoms with E-state index in [-0.39, 0.29) is 11.4 Å². The van der Waals surface area contributed by atoms with E-state index in [2.05, 4.69) is 25.6 Å². The fourth-order valence-corrected chi connectivity index (χ4v) is 3.68. The summed E-state index contributed by atoms with van der Waals surface area (Å²) < 4.78 is 27.7. The average Bonchev–Trinajstić information content (AvgIpc) is 2.76. The van der Waals surface area contributed by atoms with E-state index in [0.29, 0.717) is 0 Å². The number of rotatable bonds is 4. The molecule has 0 unspecified atom stereocenters. The lowest BCUT2D eigenvalue weighted by atomic mass is 10.2. The summed E-state index contributed by atoms with van der Waals surface area (Å²) in [6.45, 7) is 4.01. The lowest BCUT2D eigenvalue weighted by Crippen LogP contribution is -2.22. The number of halogens is 1. The molecule has 4 nitrogen and oxygen atoms in total. The van der Waals surface area contributed by atoms with Crippen molar-refractivity contribution in [1.82, 2.24) is 9.71 Å². The molecule has 0 amide bonds. The molecule has 0 fully saturated rings. The number of hydrogen-bond donors (Lipinski definition) is 1. The summed E-state index contributed by atoms with van der Waals surface area (Å²) in [5.74, 6) is 0. The Kier molecular flexibility index (Phi) is 4.39. The van der Waals surface area contributed by atoms with Gasteiger partial charge >= 0.3 is 0 Å². The first-order valence-corrected chi connectivity index (χ1v) is 8.65. The van der Waals surface area contributed by atoms with Crippen LogP contribution in [0.3, 0.4) is 0 Å². The second-order valence-corrected chi connectivity index (χ2v) is 8.02. The van der Waals surface area contributed by atoms with E-state index in [1.54, 1.807) is 24.4 Å². The standard InChI is InChI=1S/C12H13BrN2O2S2/c1-8-5-11(3-4-12(8)13)19(16,17)15-7-10-6-14-9(2)18-10/h3-6,15H,7H2,1-2H3. The number of aromatic nitrogens is 1. The number of hydrogen-bond acceptors (Lipinski definition) is 4. The van der Waals surface area contributed by atoms with Crippen molar-refractivity contribution < 1.29 is 8.42 Å². The van der Waals surface area contributed by atoms with Crippen molar-refractivity contribution in [1.29, 1.82) is 0 Å². The Bertz CT molecular complexity index is 696. The zero-order valence-corrected chi connectivity index (χ0v) is 13.7. The Labute approximate surface area is 125 Å². The fourth-order valence-electron chi connectivity index (χ4n) is 1.52. The van der Waals surface area contributed by atoms with Crippen LogP contribution in [0.1, 0.15) is 15.4 Å². The van der Waals surface area contributed by atoms with E-state index >= 15 is 0 Å². The largest absolute Gasteiger partial charge is 0.250 e. The molecule has 0 radical (unpaired) electrons. The Morgan fingerprint density at radius 3 is 2.68 bits per heavy atom. The molecular formula is C12H13BrN2O2S2. The van der Waals surface area contributed by atoms with E-state index in [1.807, 2.05) is 13.8 Å². The van der Waals surface area contributed by atoms with Gasteiger partial charge in [0.05, 0.1) is 9.90 Å². The minimum atomic E-state index is -3.48. The maximum Gasteiger partial charge on any atom is 0.240 e.